The Balaban J connectivity index is 1.62. The van der Waals surface area contributed by atoms with Crippen molar-refractivity contribution < 1.29 is 9.32 Å². The van der Waals surface area contributed by atoms with Gasteiger partial charge < -0.3 is 4.52 Å². The maximum absolute atomic E-state index is 12.5. The van der Waals surface area contributed by atoms with Crippen molar-refractivity contribution in [3.8, 4) is 11.3 Å². The first kappa shape index (κ1) is 13.7. The lowest BCUT2D eigenvalue weighted by atomic mass is 10.2. The molecule has 0 aliphatic rings. The van der Waals surface area contributed by atoms with Crippen LogP contribution in [0.5, 0.6) is 0 Å². The number of amides is 1. The molecule has 0 unspecified atom stereocenters. The van der Waals surface area contributed by atoms with Crippen molar-refractivity contribution in [3.05, 3.63) is 52.9 Å². The molecule has 3 heterocycles. The molecule has 0 saturated carbocycles. The minimum absolute atomic E-state index is 0.297. The van der Waals surface area contributed by atoms with E-state index in [4.69, 9.17) is 4.52 Å². The summed E-state index contributed by atoms with van der Waals surface area (Å²) in [6.45, 7) is 0. The maximum atomic E-state index is 12.5. The number of para-hydroxylation sites is 1. The van der Waals surface area contributed by atoms with Crippen LogP contribution in [-0.2, 0) is 7.05 Å². The highest BCUT2D eigenvalue weighted by Gasteiger charge is 2.17. The first-order valence-corrected chi connectivity index (χ1v) is 7.89. The Kier molecular flexibility index (Phi) is 3.20. The molecule has 0 spiro atoms. The zero-order valence-electron chi connectivity index (χ0n) is 12.2. The topological polar surface area (TPSA) is 73.0 Å². The van der Waals surface area contributed by atoms with Crippen LogP contribution in [0, 0.1) is 0 Å². The number of rotatable bonds is 3. The molecule has 0 bridgehead atoms. The molecule has 23 heavy (non-hydrogen) atoms. The van der Waals surface area contributed by atoms with Gasteiger partial charge in [-0.2, -0.15) is 16.4 Å². The molecule has 0 aliphatic carbocycles. The number of anilines is 1. The van der Waals surface area contributed by atoms with Crippen molar-refractivity contribution in [2.75, 3.05) is 5.32 Å². The number of nitrogens with zero attached hydrogens (tertiary/aromatic N) is 3. The number of nitrogens with one attached hydrogen (secondary N) is 1. The van der Waals surface area contributed by atoms with Crippen molar-refractivity contribution in [2.45, 2.75) is 0 Å². The van der Waals surface area contributed by atoms with E-state index < -0.39 is 0 Å². The Bertz CT molecular complexity index is 985. The predicted octanol–water partition coefficient (Wildman–Crippen LogP) is 3.54. The minimum Gasteiger partial charge on any atom is -0.338 e. The second kappa shape index (κ2) is 5.36. The standard InChI is InChI=1S/C16H12N4O2S/c1-20-13-5-3-2-4-11(13)15(18-20)16(21)17-14-8-12(19-22-14)10-6-7-23-9-10/h2-9H,1H3,(H,17,21). The SMILES string of the molecule is Cn1nc(C(=O)Nc2cc(-c3ccsc3)no2)c2ccccc21. The van der Waals surface area contributed by atoms with Gasteiger partial charge in [0.2, 0.25) is 5.88 Å². The van der Waals surface area contributed by atoms with Gasteiger partial charge in [0.05, 0.1) is 5.52 Å². The molecule has 4 rings (SSSR count). The molecule has 6 nitrogen and oxygen atoms in total. The van der Waals surface area contributed by atoms with Gasteiger partial charge in [0, 0.05) is 29.4 Å². The highest BCUT2D eigenvalue weighted by Crippen LogP contribution is 2.24. The molecule has 1 amide bonds. The molecule has 3 aromatic heterocycles. The smallest absolute Gasteiger partial charge is 0.279 e. The highest BCUT2D eigenvalue weighted by molar-refractivity contribution is 7.08. The third kappa shape index (κ3) is 2.40. The van der Waals surface area contributed by atoms with Crippen LogP contribution in [0.4, 0.5) is 5.88 Å². The van der Waals surface area contributed by atoms with E-state index in [0.717, 1.165) is 16.5 Å². The monoisotopic (exact) mass is 324 g/mol. The van der Waals surface area contributed by atoms with Gasteiger partial charge in [-0.05, 0) is 17.5 Å². The average molecular weight is 324 g/mol. The molecular formula is C16H12N4O2S. The lowest BCUT2D eigenvalue weighted by Crippen LogP contribution is -2.12. The summed E-state index contributed by atoms with van der Waals surface area (Å²) in [5.41, 5.74) is 2.90. The van der Waals surface area contributed by atoms with Gasteiger partial charge in [-0.1, -0.05) is 23.4 Å². The second-order valence-electron chi connectivity index (χ2n) is 5.03. The summed E-state index contributed by atoms with van der Waals surface area (Å²) in [6.07, 6.45) is 0. The molecule has 0 fully saturated rings. The van der Waals surface area contributed by atoms with E-state index in [-0.39, 0.29) is 5.91 Å². The Morgan fingerprint density at radius 2 is 2.17 bits per heavy atom. The summed E-state index contributed by atoms with van der Waals surface area (Å²) in [5, 5.41) is 15.7. The maximum Gasteiger partial charge on any atom is 0.279 e. The van der Waals surface area contributed by atoms with Gasteiger partial charge in [-0.25, -0.2) is 0 Å². The van der Waals surface area contributed by atoms with Gasteiger partial charge in [-0.15, -0.1) is 0 Å². The van der Waals surface area contributed by atoms with Crippen molar-refractivity contribution in [2.24, 2.45) is 7.05 Å². The summed E-state index contributed by atoms with van der Waals surface area (Å²) in [4.78, 5) is 12.5. The van der Waals surface area contributed by atoms with Crippen LogP contribution in [0.3, 0.4) is 0 Å². The van der Waals surface area contributed by atoms with Gasteiger partial charge in [0.15, 0.2) is 5.69 Å². The molecule has 114 valence electrons. The minimum atomic E-state index is -0.324. The van der Waals surface area contributed by atoms with E-state index in [2.05, 4.69) is 15.6 Å². The molecular weight excluding hydrogens is 312 g/mol. The molecule has 1 aromatic carbocycles. The molecule has 0 aliphatic heterocycles. The quantitative estimate of drug-likeness (QED) is 0.625. The summed E-state index contributed by atoms with van der Waals surface area (Å²) in [7, 11) is 1.81. The van der Waals surface area contributed by atoms with E-state index in [1.165, 1.54) is 0 Å². The average Bonchev–Trinajstić information content (AvgIpc) is 3.27. The summed E-state index contributed by atoms with van der Waals surface area (Å²) in [5.74, 6) is -0.0271. The predicted molar refractivity (Wildman–Crippen MR) is 88.5 cm³/mol. The zero-order valence-corrected chi connectivity index (χ0v) is 13.0. The van der Waals surface area contributed by atoms with E-state index >= 15 is 0 Å². The molecule has 0 atom stereocenters. The number of hydrogen-bond acceptors (Lipinski definition) is 5. The van der Waals surface area contributed by atoms with E-state index in [0.29, 0.717) is 17.3 Å². The molecule has 4 aromatic rings. The summed E-state index contributed by atoms with van der Waals surface area (Å²) >= 11 is 1.58. The van der Waals surface area contributed by atoms with Crippen molar-refractivity contribution >= 4 is 34.0 Å². The van der Waals surface area contributed by atoms with Gasteiger partial charge >= 0.3 is 0 Å². The van der Waals surface area contributed by atoms with Crippen LogP contribution in [0.2, 0.25) is 0 Å². The molecule has 0 radical (unpaired) electrons. The van der Waals surface area contributed by atoms with E-state index in [1.807, 2.05) is 48.1 Å². The number of fused-ring (bicyclic) bond motifs is 1. The van der Waals surface area contributed by atoms with Crippen molar-refractivity contribution in [3.63, 3.8) is 0 Å². The fourth-order valence-corrected chi connectivity index (χ4v) is 3.08. The Morgan fingerprint density at radius 1 is 1.30 bits per heavy atom. The van der Waals surface area contributed by atoms with E-state index in [1.54, 1.807) is 22.1 Å². The Morgan fingerprint density at radius 3 is 3.00 bits per heavy atom. The second-order valence-corrected chi connectivity index (χ2v) is 5.81. The van der Waals surface area contributed by atoms with Gasteiger partial charge in [0.25, 0.3) is 5.91 Å². The van der Waals surface area contributed by atoms with E-state index in [9.17, 15) is 4.79 Å². The van der Waals surface area contributed by atoms with Crippen LogP contribution in [0.25, 0.3) is 22.2 Å². The number of thiophene rings is 1. The molecule has 7 heteroatoms. The lowest BCUT2D eigenvalue weighted by molar-refractivity contribution is 0.102. The van der Waals surface area contributed by atoms with Crippen LogP contribution in [0.15, 0.2) is 51.7 Å². The summed E-state index contributed by atoms with van der Waals surface area (Å²) in [6, 6.07) is 11.2. The first-order chi connectivity index (χ1) is 11.2. The van der Waals surface area contributed by atoms with Crippen LogP contribution in [0.1, 0.15) is 10.5 Å². The number of aryl methyl sites for hydroxylation is 1. The van der Waals surface area contributed by atoms with Crippen molar-refractivity contribution in [1.82, 2.24) is 14.9 Å². The zero-order chi connectivity index (χ0) is 15.8. The largest absolute Gasteiger partial charge is 0.338 e. The fourth-order valence-electron chi connectivity index (χ4n) is 2.43. The normalized spacial score (nSPS) is 11.0. The number of carbonyl (C=O) groups is 1. The van der Waals surface area contributed by atoms with Gasteiger partial charge in [0.1, 0.15) is 5.69 Å². The fraction of sp³-hybridized carbons (Fsp3) is 0.0625. The highest BCUT2D eigenvalue weighted by atomic mass is 32.1. The number of hydrogen-bond donors (Lipinski definition) is 1. The number of aromatic nitrogens is 3. The molecule has 0 saturated heterocycles. The lowest BCUT2D eigenvalue weighted by Gasteiger charge is -1.97. The van der Waals surface area contributed by atoms with Crippen molar-refractivity contribution in [1.29, 1.82) is 0 Å². The number of carbonyl (C=O) groups excluding carboxylic acids is 1. The Hall–Kier alpha value is -2.93. The van der Waals surface area contributed by atoms with Crippen LogP contribution >= 0.6 is 11.3 Å². The summed E-state index contributed by atoms with van der Waals surface area (Å²) < 4.78 is 6.87. The number of benzene rings is 1. The molecule has 1 N–H and O–H groups in total. The third-order valence-corrected chi connectivity index (χ3v) is 4.22. The Labute approximate surface area is 135 Å². The van der Waals surface area contributed by atoms with Gasteiger partial charge in [-0.3, -0.25) is 14.8 Å². The van der Waals surface area contributed by atoms with Crippen LogP contribution in [-0.4, -0.2) is 20.8 Å². The first-order valence-electron chi connectivity index (χ1n) is 6.95. The third-order valence-electron chi connectivity index (χ3n) is 3.54. The van der Waals surface area contributed by atoms with Crippen LogP contribution < -0.4 is 5.32 Å².